The van der Waals surface area contributed by atoms with E-state index in [1.807, 2.05) is 18.2 Å². The molecule has 1 aromatic carbocycles. The van der Waals surface area contributed by atoms with Crippen LogP contribution in [-0.2, 0) is 5.60 Å². The smallest absolute Gasteiger partial charge is 0.0913 e. The molecule has 1 aliphatic carbocycles. The van der Waals surface area contributed by atoms with Gasteiger partial charge in [-0.25, -0.2) is 0 Å². The molecular weight excluding hydrogens is 239 g/mol. The van der Waals surface area contributed by atoms with E-state index in [2.05, 4.69) is 15.9 Å². The molecule has 2 rings (SSSR count). The highest BCUT2D eigenvalue weighted by Gasteiger charge is 2.43. The molecule has 1 nitrogen and oxygen atoms in total. The zero-order valence-corrected chi connectivity index (χ0v) is 8.69. The van der Waals surface area contributed by atoms with Crippen LogP contribution < -0.4 is 0 Å². The lowest BCUT2D eigenvalue weighted by atomic mass is 10.1. The minimum atomic E-state index is -0.638. The maximum absolute atomic E-state index is 9.80. The zero-order valence-electron chi connectivity index (χ0n) is 6.35. The van der Waals surface area contributed by atoms with Crippen LogP contribution in [0.5, 0.6) is 0 Å². The Balaban J connectivity index is 2.51. The van der Waals surface area contributed by atoms with Gasteiger partial charge in [0.2, 0.25) is 0 Å². The van der Waals surface area contributed by atoms with E-state index in [0.717, 1.165) is 22.9 Å². The quantitative estimate of drug-likeness (QED) is 0.808. The van der Waals surface area contributed by atoms with Crippen molar-refractivity contribution >= 4 is 27.5 Å². The minimum Gasteiger partial charge on any atom is -0.385 e. The van der Waals surface area contributed by atoms with Crippen LogP contribution in [0.3, 0.4) is 0 Å². The van der Waals surface area contributed by atoms with Crippen LogP contribution in [0.2, 0.25) is 5.02 Å². The summed E-state index contributed by atoms with van der Waals surface area (Å²) in [6, 6.07) is 5.64. The molecule has 0 unspecified atom stereocenters. The molecule has 0 heterocycles. The molecular formula is C9H8BrClO. The number of benzene rings is 1. The van der Waals surface area contributed by atoms with Crippen LogP contribution >= 0.6 is 27.5 Å². The first kappa shape index (κ1) is 8.54. The Morgan fingerprint density at radius 1 is 1.42 bits per heavy atom. The predicted molar refractivity (Wildman–Crippen MR) is 52.3 cm³/mol. The summed E-state index contributed by atoms with van der Waals surface area (Å²) >= 11 is 9.33. The van der Waals surface area contributed by atoms with Crippen molar-refractivity contribution in [3.8, 4) is 0 Å². The van der Waals surface area contributed by atoms with Crippen molar-refractivity contribution in [2.45, 2.75) is 18.4 Å². The Labute approximate surface area is 84.5 Å². The number of rotatable bonds is 1. The maximum atomic E-state index is 9.80. The lowest BCUT2D eigenvalue weighted by Crippen LogP contribution is -2.04. The minimum absolute atomic E-state index is 0.637. The van der Waals surface area contributed by atoms with Crippen molar-refractivity contribution in [3.05, 3.63) is 33.3 Å². The van der Waals surface area contributed by atoms with E-state index in [4.69, 9.17) is 11.6 Å². The Hall–Kier alpha value is -0.0500. The Kier molecular flexibility index (Phi) is 1.94. The van der Waals surface area contributed by atoms with Gasteiger partial charge in [-0.15, -0.1) is 0 Å². The van der Waals surface area contributed by atoms with Crippen LogP contribution in [0, 0.1) is 0 Å². The van der Waals surface area contributed by atoms with Gasteiger partial charge in [-0.1, -0.05) is 23.7 Å². The zero-order chi connectivity index (χ0) is 8.77. The monoisotopic (exact) mass is 246 g/mol. The molecule has 64 valence electrons. The molecule has 1 saturated carbocycles. The highest BCUT2D eigenvalue weighted by Crippen LogP contribution is 2.48. The van der Waals surface area contributed by atoms with Crippen LogP contribution in [-0.4, -0.2) is 5.11 Å². The highest BCUT2D eigenvalue weighted by molar-refractivity contribution is 9.10. The third kappa shape index (κ3) is 1.28. The summed E-state index contributed by atoms with van der Waals surface area (Å²) < 4.78 is 0.849. The average molecular weight is 248 g/mol. The molecule has 0 aliphatic heterocycles. The van der Waals surface area contributed by atoms with Crippen molar-refractivity contribution in [3.63, 3.8) is 0 Å². The number of hydrogen-bond acceptors (Lipinski definition) is 1. The largest absolute Gasteiger partial charge is 0.385 e. The molecule has 0 radical (unpaired) electrons. The van der Waals surface area contributed by atoms with Crippen LogP contribution in [0.1, 0.15) is 18.4 Å². The molecule has 0 aromatic heterocycles. The van der Waals surface area contributed by atoms with E-state index in [-0.39, 0.29) is 0 Å². The van der Waals surface area contributed by atoms with Gasteiger partial charge in [0.05, 0.1) is 10.6 Å². The summed E-state index contributed by atoms with van der Waals surface area (Å²) in [4.78, 5) is 0. The molecule has 1 N–H and O–H groups in total. The first-order valence-corrected chi connectivity index (χ1v) is 4.97. The van der Waals surface area contributed by atoms with E-state index in [1.165, 1.54) is 0 Å². The van der Waals surface area contributed by atoms with Gasteiger partial charge >= 0.3 is 0 Å². The summed E-state index contributed by atoms with van der Waals surface area (Å²) in [5, 5.41) is 10.4. The average Bonchev–Trinajstić information content (AvgIpc) is 2.75. The molecule has 0 spiro atoms. The van der Waals surface area contributed by atoms with Crippen LogP contribution in [0.4, 0.5) is 0 Å². The molecule has 0 bridgehead atoms. The fraction of sp³-hybridized carbons (Fsp3) is 0.333. The highest BCUT2D eigenvalue weighted by atomic mass is 79.9. The summed E-state index contributed by atoms with van der Waals surface area (Å²) in [5.74, 6) is 0. The second-order valence-corrected chi connectivity index (χ2v) is 4.37. The Bertz CT molecular complexity index is 320. The van der Waals surface area contributed by atoms with Crippen molar-refractivity contribution < 1.29 is 5.11 Å². The molecule has 0 atom stereocenters. The predicted octanol–water partition coefficient (Wildman–Crippen LogP) is 3.08. The molecule has 3 heteroatoms. The Morgan fingerprint density at radius 2 is 2.08 bits per heavy atom. The van der Waals surface area contributed by atoms with Crippen LogP contribution in [0.25, 0.3) is 0 Å². The van der Waals surface area contributed by atoms with E-state index in [1.54, 1.807) is 0 Å². The van der Waals surface area contributed by atoms with Gasteiger partial charge in [-0.3, -0.25) is 0 Å². The van der Waals surface area contributed by atoms with E-state index >= 15 is 0 Å². The van der Waals surface area contributed by atoms with Gasteiger partial charge in [0.25, 0.3) is 0 Å². The third-order valence-electron chi connectivity index (χ3n) is 2.18. The van der Waals surface area contributed by atoms with Crippen molar-refractivity contribution in [1.29, 1.82) is 0 Å². The van der Waals surface area contributed by atoms with Crippen molar-refractivity contribution in [1.82, 2.24) is 0 Å². The summed E-state index contributed by atoms with van der Waals surface area (Å²) in [6.45, 7) is 0. The molecule has 1 aromatic rings. The lowest BCUT2D eigenvalue weighted by Gasteiger charge is -2.10. The Morgan fingerprint density at radius 3 is 2.67 bits per heavy atom. The second kappa shape index (κ2) is 2.72. The fourth-order valence-electron chi connectivity index (χ4n) is 1.25. The maximum Gasteiger partial charge on any atom is 0.0913 e. The third-order valence-corrected chi connectivity index (χ3v) is 3.47. The second-order valence-electron chi connectivity index (χ2n) is 3.13. The van der Waals surface area contributed by atoms with E-state index < -0.39 is 5.60 Å². The lowest BCUT2D eigenvalue weighted by molar-refractivity contribution is 0.151. The van der Waals surface area contributed by atoms with Crippen LogP contribution in [0.15, 0.2) is 22.7 Å². The van der Waals surface area contributed by atoms with Gasteiger partial charge in [-0.2, -0.15) is 0 Å². The van der Waals surface area contributed by atoms with Crippen molar-refractivity contribution in [2.75, 3.05) is 0 Å². The van der Waals surface area contributed by atoms with Crippen molar-refractivity contribution in [2.24, 2.45) is 0 Å². The van der Waals surface area contributed by atoms with E-state index in [0.29, 0.717) is 5.02 Å². The topological polar surface area (TPSA) is 20.2 Å². The normalized spacial score (nSPS) is 19.2. The first-order valence-electron chi connectivity index (χ1n) is 3.80. The summed E-state index contributed by atoms with van der Waals surface area (Å²) in [6.07, 6.45) is 1.65. The molecule has 1 aliphatic rings. The molecule has 12 heavy (non-hydrogen) atoms. The molecule has 1 fully saturated rings. The molecule has 0 saturated heterocycles. The standard InChI is InChI=1S/C9H8BrClO/c10-7-3-1-2-6(8(7)11)9(12)4-5-9/h1-3,12H,4-5H2. The van der Waals surface area contributed by atoms with Gasteiger partial charge in [0.15, 0.2) is 0 Å². The van der Waals surface area contributed by atoms with E-state index in [9.17, 15) is 5.11 Å². The van der Waals surface area contributed by atoms with Gasteiger partial charge in [0.1, 0.15) is 0 Å². The number of hydrogen-bond donors (Lipinski definition) is 1. The van der Waals surface area contributed by atoms with Gasteiger partial charge in [0, 0.05) is 10.0 Å². The van der Waals surface area contributed by atoms with Gasteiger partial charge < -0.3 is 5.11 Å². The first-order chi connectivity index (χ1) is 5.63. The summed E-state index contributed by atoms with van der Waals surface area (Å²) in [7, 11) is 0. The SMILES string of the molecule is OC1(c2cccc(Br)c2Cl)CC1. The summed E-state index contributed by atoms with van der Waals surface area (Å²) in [5.41, 5.74) is 0.208. The molecule has 0 amide bonds. The fourth-order valence-corrected chi connectivity index (χ4v) is 1.92. The number of aliphatic hydroxyl groups is 1. The number of halogens is 2. The van der Waals surface area contributed by atoms with Gasteiger partial charge in [-0.05, 0) is 34.8 Å².